The van der Waals surface area contributed by atoms with Crippen LogP contribution in [0, 0.1) is 6.92 Å². The van der Waals surface area contributed by atoms with Gasteiger partial charge in [0, 0.05) is 5.69 Å². The van der Waals surface area contributed by atoms with Crippen LogP contribution in [0.3, 0.4) is 0 Å². The number of carbonyl (C=O) groups is 1. The van der Waals surface area contributed by atoms with Gasteiger partial charge in [0.05, 0.1) is 17.7 Å². The summed E-state index contributed by atoms with van der Waals surface area (Å²) in [5.41, 5.74) is -2.55. The first-order valence-corrected chi connectivity index (χ1v) is 9.95. The number of fused-ring (bicyclic) bond motifs is 1. The van der Waals surface area contributed by atoms with Crippen molar-refractivity contribution >= 4 is 11.6 Å². The summed E-state index contributed by atoms with van der Waals surface area (Å²) in [7, 11) is 0. The molecule has 0 radical (unpaired) electrons. The molecule has 2 atom stereocenters. The zero-order valence-corrected chi connectivity index (χ0v) is 16.7. The first kappa shape index (κ1) is 21.1. The Morgan fingerprint density at radius 3 is 2.55 bits per heavy atom. The maximum absolute atomic E-state index is 13.7. The van der Waals surface area contributed by atoms with Gasteiger partial charge in [0.25, 0.3) is 11.5 Å². The Bertz CT molecular complexity index is 1180. The largest absolute Gasteiger partial charge is 0.435 e. The summed E-state index contributed by atoms with van der Waals surface area (Å²) in [5.74, 6) is -0.753. The van der Waals surface area contributed by atoms with Crippen molar-refractivity contribution in [3.05, 3.63) is 57.6 Å². The van der Waals surface area contributed by atoms with E-state index in [1.165, 1.54) is 19.1 Å². The van der Waals surface area contributed by atoms with E-state index in [0.29, 0.717) is 17.4 Å². The van der Waals surface area contributed by atoms with Gasteiger partial charge >= 0.3 is 6.18 Å². The lowest BCUT2D eigenvalue weighted by atomic mass is 9.92. The van der Waals surface area contributed by atoms with E-state index in [2.05, 4.69) is 15.4 Å². The summed E-state index contributed by atoms with van der Waals surface area (Å²) in [5, 5.41) is 16.3. The molecule has 0 saturated heterocycles. The van der Waals surface area contributed by atoms with Crippen LogP contribution in [0.1, 0.15) is 47.4 Å². The molecule has 0 spiro atoms. The van der Waals surface area contributed by atoms with E-state index in [4.69, 9.17) is 0 Å². The molecule has 1 fully saturated rings. The number of hydrogen-bond donors (Lipinski definition) is 3. The first-order valence-electron chi connectivity index (χ1n) is 9.95. The third kappa shape index (κ3) is 3.83. The topological polar surface area (TPSA) is 99.5 Å². The molecule has 1 amide bonds. The highest BCUT2D eigenvalue weighted by molar-refractivity contribution is 5.95. The third-order valence-electron chi connectivity index (χ3n) is 5.58. The fourth-order valence-electron chi connectivity index (χ4n) is 4.05. The van der Waals surface area contributed by atoms with Gasteiger partial charge in [-0.05, 0) is 25.3 Å². The number of hydrogen-bond acceptors (Lipinski definition) is 4. The van der Waals surface area contributed by atoms with Gasteiger partial charge in [-0.15, -0.1) is 0 Å². The molecular weight excluding hydrogens is 413 g/mol. The van der Waals surface area contributed by atoms with Gasteiger partial charge in [-0.3, -0.25) is 9.59 Å². The molecular formula is C21H21F3N4O3. The minimum atomic E-state index is -4.81. The summed E-state index contributed by atoms with van der Waals surface area (Å²) < 4.78 is 41.7. The van der Waals surface area contributed by atoms with E-state index in [1.54, 1.807) is 18.2 Å². The lowest BCUT2D eigenvalue weighted by Crippen LogP contribution is -2.46. The van der Waals surface area contributed by atoms with E-state index in [9.17, 15) is 27.9 Å². The van der Waals surface area contributed by atoms with E-state index in [0.717, 1.165) is 12.8 Å². The highest BCUT2D eigenvalue weighted by atomic mass is 19.4. The molecule has 1 saturated carbocycles. The normalized spacial score (nSPS) is 19.5. The first-order chi connectivity index (χ1) is 14.7. The Kier molecular flexibility index (Phi) is 5.34. The average molecular weight is 434 g/mol. The predicted molar refractivity (Wildman–Crippen MR) is 107 cm³/mol. The fraction of sp³-hybridized carbons (Fsp3) is 0.381. The molecule has 3 N–H and O–H groups in total. The van der Waals surface area contributed by atoms with Crippen LogP contribution in [-0.4, -0.2) is 37.8 Å². The van der Waals surface area contributed by atoms with Gasteiger partial charge < -0.3 is 15.4 Å². The summed E-state index contributed by atoms with van der Waals surface area (Å²) >= 11 is 0. The third-order valence-corrected chi connectivity index (χ3v) is 5.58. The molecule has 2 heterocycles. The number of amides is 1. The van der Waals surface area contributed by atoms with Crippen molar-refractivity contribution in [2.45, 2.75) is 50.9 Å². The Hall–Kier alpha value is -3.14. The summed E-state index contributed by atoms with van der Waals surface area (Å²) in [6, 6.07) is 7.30. The standard InChI is InChI=1S/C21H21F3N4O3/c1-11-15(19(30)26-13-9-5-6-10-14(13)29)20(31)28-18(25-11)16(12-7-3-2-4-8-12)17(27-28)21(22,23)24/h2-4,7-8,13-14,25,29H,5-6,9-10H2,1H3,(H,26,30). The number of rotatable bonds is 3. The number of benzene rings is 1. The number of halogens is 3. The SMILES string of the molecule is Cc1[nH]c2c(-c3ccccc3)c(C(F)(F)F)nn2c(=O)c1C(=O)NC1CCCCC1O. The monoisotopic (exact) mass is 434 g/mol. The van der Waals surface area contributed by atoms with Crippen molar-refractivity contribution < 1.29 is 23.1 Å². The maximum Gasteiger partial charge on any atom is 0.435 e. The number of nitrogens with one attached hydrogen (secondary N) is 2. The van der Waals surface area contributed by atoms with E-state index in [-0.39, 0.29) is 28.0 Å². The van der Waals surface area contributed by atoms with Crippen LogP contribution in [0.25, 0.3) is 16.8 Å². The Morgan fingerprint density at radius 2 is 1.90 bits per heavy atom. The van der Waals surface area contributed by atoms with E-state index < -0.39 is 35.5 Å². The fourth-order valence-corrected chi connectivity index (χ4v) is 4.05. The van der Waals surface area contributed by atoms with Crippen LogP contribution in [0.4, 0.5) is 13.2 Å². The zero-order valence-electron chi connectivity index (χ0n) is 16.7. The molecule has 31 heavy (non-hydrogen) atoms. The minimum absolute atomic E-state index is 0.117. The lowest BCUT2D eigenvalue weighted by Gasteiger charge is -2.28. The van der Waals surface area contributed by atoms with Crippen LogP contribution in [0.5, 0.6) is 0 Å². The quantitative estimate of drug-likeness (QED) is 0.590. The number of H-pyrrole nitrogens is 1. The van der Waals surface area contributed by atoms with Gasteiger partial charge in [-0.2, -0.15) is 22.8 Å². The van der Waals surface area contributed by atoms with Gasteiger partial charge in [0.1, 0.15) is 11.2 Å². The van der Waals surface area contributed by atoms with Crippen LogP contribution >= 0.6 is 0 Å². The second-order valence-corrected chi connectivity index (χ2v) is 7.71. The molecule has 0 aliphatic heterocycles. The molecule has 4 rings (SSSR count). The van der Waals surface area contributed by atoms with Crippen molar-refractivity contribution in [1.82, 2.24) is 19.9 Å². The molecule has 1 aromatic carbocycles. The number of aryl methyl sites for hydroxylation is 1. The second kappa shape index (κ2) is 7.84. The maximum atomic E-state index is 13.7. The van der Waals surface area contributed by atoms with E-state index in [1.807, 2.05) is 0 Å². The van der Waals surface area contributed by atoms with E-state index >= 15 is 0 Å². The van der Waals surface area contributed by atoms with Crippen LogP contribution in [0.2, 0.25) is 0 Å². The molecule has 2 unspecified atom stereocenters. The molecule has 2 aromatic heterocycles. The van der Waals surface area contributed by atoms with Crippen molar-refractivity contribution in [1.29, 1.82) is 0 Å². The van der Waals surface area contributed by atoms with Gasteiger partial charge in [0.15, 0.2) is 5.69 Å². The molecule has 0 bridgehead atoms. The van der Waals surface area contributed by atoms with Gasteiger partial charge in [-0.25, -0.2) is 0 Å². The van der Waals surface area contributed by atoms with Gasteiger partial charge in [-0.1, -0.05) is 43.2 Å². The predicted octanol–water partition coefficient (Wildman–Crippen LogP) is 3.05. The number of aliphatic hydroxyl groups is 1. The lowest BCUT2D eigenvalue weighted by molar-refractivity contribution is -0.140. The Balaban J connectivity index is 1.86. The van der Waals surface area contributed by atoms with Crippen molar-refractivity contribution in [2.24, 2.45) is 0 Å². The summed E-state index contributed by atoms with van der Waals surface area (Å²) in [6.45, 7) is 1.45. The number of nitrogens with zero attached hydrogens (tertiary/aromatic N) is 2. The number of aliphatic hydroxyl groups excluding tert-OH is 1. The van der Waals surface area contributed by atoms with Crippen LogP contribution < -0.4 is 10.9 Å². The molecule has 7 nitrogen and oxygen atoms in total. The van der Waals surface area contributed by atoms with Crippen LogP contribution in [0.15, 0.2) is 35.1 Å². The molecule has 1 aliphatic rings. The summed E-state index contributed by atoms with van der Waals surface area (Å²) in [4.78, 5) is 28.6. The number of aromatic nitrogens is 3. The summed E-state index contributed by atoms with van der Waals surface area (Å²) in [6.07, 6.45) is -2.77. The molecule has 10 heteroatoms. The Morgan fingerprint density at radius 1 is 1.23 bits per heavy atom. The minimum Gasteiger partial charge on any atom is -0.391 e. The second-order valence-electron chi connectivity index (χ2n) is 7.71. The van der Waals surface area contributed by atoms with Crippen LogP contribution in [-0.2, 0) is 6.18 Å². The highest BCUT2D eigenvalue weighted by Crippen LogP contribution is 2.38. The number of carbonyl (C=O) groups excluding carboxylic acids is 1. The number of aromatic amines is 1. The smallest absolute Gasteiger partial charge is 0.391 e. The molecule has 1 aliphatic carbocycles. The van der Waals surface area contributed by atoms with Gasteiger partial charge in [0.2, 0.25) is 0 Å². The highest BCUT2D eigenvalue weighted by Gasteiger charge is 2.39. The molecule has 164 valence electrons. The number of alkyl halides is 3. The Labute approximate surface area is 174 Å². The van der Waals surface area contributed by atoms with Crippen molar-refractivity contribution in [3.63, 3.8) is 0 Å². The zero-order chi connectivity index (χ0) is 22.3. The van der Waals surface area contributed by atoms with Crippen molar-refractivity contribution in [3.8, 4) is 11.1 Å². The average Bonchev–Trinajstić information content (AvgIpc) is 3.10. The van der Waals surface area contributed by atoms with Crippen molar-refractivity contribution in [2.75, 3.05) is 0 Å². The molecule has 3 aromatic rings.